The molecule has 2 rings (SSSR count). The van der Waals surface area contributed by atoms with E-state index >= 15 is 0 Å². The van der Waals surface area contributed by atoms with Crippen molar-refractivity contribution in [2.75, 3.05) is 0 Å². The first kappa shape index (κ1) is 20.9. The highest BCUT2D eigenvalue weighted by Crippen LogP contribution is 2.41. The number of rotatable bonds is 11. The normalized spacial score (nSPS) is 22.9. The number of hydrogen-bond acceptors (Lipinski definition) is 3. The Balaban J connectivity index is 1.85. The van der Waals surface area contributed by atoms with Crippen molar-refractivity contribution in [3.8, 4) is 6.07 Å². The number of hydrogen-bond donors (Lipinski definition) is 0. The molecule has 3 heteroatoms. The monoisotopic (exact) mass is 355 g/mol. The number of nitriles is 1. The summed E-state index contributed by atoms with van der Waals surface area (Å²) in [5, 5.41) is 9.87. The lowest BCUT2D eigenvalue weighted by molar-refractivity contribution is 0.253. The molecule has 1 aliphatic carbocycles. The molecule has 0 unspecified atom stereocenters. The highest BCUT2D eigenvalue weighted by atomic mass is 14.9. The first-order chi connectivity index (χ1) is 12.7. The van der Waals surface area contributed by atoms with Gasteiger partial charge in [0.05, 0.1) is 6.07 Å². The number of unbranched alkanes of at least 4 members (excludes halogenated alkanes) is 6. The Kier molecular flexibility index (Phi) is 9.09. The minimum atomic E-state index is -0.444. The van der Waals surface area contributed by atoms with Gasteiger partial charge in [-0.1, -0.05) is 65.2 Å². The molecule has 0 radical (unpaired) electrons. The largest absolute Gasteiger partial charge is 0.239 e. The highest BCUT2D eigenvalue weighted by Gasteiger charge is 2.39. The molecule has 0 spiro atoms. The lowest BCUT2D eigenvalue weighted by atomic mass is 9.69. The summed E-state index contributed by atoms with van der Waals surface area (Å²) in [5.74, 6) is 1.56. The molecular formula is C23H37N3. The fourth-order valence-electron chi connectivity index (χ4n) is 4.19. The topological polar surface area (TPSA) is 49.6 Å². The first-order valence-corrected chi connectivity index (χ1v) is 11.0. The Bertz CT molecular complexity index is 536. The molecule has 3 nitrogen and oxygen atoms in total. The standard InChI is InChI=1S/C23H37N3/c1-3-5-7-9-11-20-13-15-23(19-24,16-14-20)22-25-17-21(18-26-22)12-10-8-6-4-2/h17-18,20H,3-16H2,1-2H3. The zero-order chi connectivity index (χ0) is 18.7. The van der Waals surface area contributed by atoms with E-state index in [4.69, 9.17) is 0 Å². The van der Waals surface area contributed by atoms with E-state index in [0.29, 0.717) is 0 Å². The molecule has 0 aromatic carbocycles. The van der Waals surface area contributed by atoms with Crippen LogP contribution in [0, 0.1) is 17.2 Å². The van der Waals surface area contributed by atoms with Crippen molar-refractivity contribution in [2.45, 2.75) is 109 Å². The van der Waals surface area contributed by atoms with Crippen LogP contribution in [0.3, 0.4) is 0 Å². The summed E-state index contributed by atoms with van der Waals surface area (Å²) in [4.78, 5) is 9.24. The van der Waals surface area contributed by atoms with E-state index in [0.717, 1.165) is 43.8 Å². The third-order valence-electron chi connectivity index (χ3n) is 6.09. The van der Waals surface area contributed by atoms with Crippen LogP contribution in [0.1, 0.15) is 109 Å². The van der Waals surface area contributed by atoms with Crippen LogP contribution in [0.4, 0.5) is 0 Å². The minimum absolute atomic E-state index is 0.444. The molecule has 1 aromatic rings. The predicted octanol–water partition coefficient (Wildman–Crippen LogP) is 6.52. The summed E-state index contributed by atoms with van der Waals surface area (Å²) < 4.78 is 0. The minimum Gasteiger partial charge on any atom is -0.239 e. The Morgan fingerprint density at radius 2 is 1.58 bits per heavy atom. The Labute approximate surface area is 160 Å². The van der Waals surface area contributed by atoms with Crippen LogP contribution in [0.15, 0.2) is 12.4 Å². The molecule has 144 valence electrons. The van der Waals surface area contributed by atoms with E-state index in [9.17, 15) is 5.26 Å². The van der Waals surface area contributed by atoms with Crippen LogP contribution in [0.5, 0.6) is 0 Å². The Morgan fingerprint density at radius 1 is 0.962 bits per heavy atom. The zero-order valence-electron chi connectivity index (χ0n) is 17.0. The van der Waals surface area contributed by atoms with Crippen molar-refractivity contribution in [3.63, 3.8) is 0 Å². The van der Waals surface area contributed by atoms with Gasteiger partial charge in [0.25, 0.3) is 0 Å². The van der Waals surface area contributed by atoms with Gasteiger partial charge in [-0.25, -0.2) is 9.97 Å². The van der Waals surface area contributed by atoms with Gasteiger partial charge in [-0.15, -0.1) is 0 Å². The molecule has 0 saturated heterocycles. The van der Waals surface area contributed by atoms with Gasteiger partial charge in [0.1, 0.15) is 11.2 Å². The number of aromatic nitrogens is 2. The van der Waals surface area contributed by atoms with Gasteiger partial charge in [-0.2, -0.15) is 5.26 Å². The van der Waals surface area contributed by atoms with E-state index in [1.54, 1.807) is 0 Å². The average Bonchev–Trinajstić information content (AvgIpc) is 2.70. The second-order valence-electron chi connectivity index (χ2n) is 8.21. The maximum absolute atomic E-state index is 9.87. The van der Waals surface area contributed by atoms with Crippen LogP contribution in [0.25, 0.3) is 0 Å². The molecule has 1 heterocycles. The second-order valence-corrected chi connectivity index (χ2v) is 8.21. The molecule has 0 N–H and O–H groups in total. The third-order valence-corrected chi connectivity index (χ3v) is 6.09. The van der Waals surface area contributed by atoms with Gasteiger partial charge in [0, 0.05) is 12.4 Å². The molecule has 26 heavy (non-hydrogen) atoms. The molecular weight excluding hydrogens is 318 g/mol. The number of aryl methyl sites for hydroxylation is 1. The first-order valence-electron chi connectivity index (χ1n) is 11.0. The summed E-state index contributed by atoms with van der Waals surface area (Å²) in [5.41, 5.74) is 0.767. The van der Waals surface area contributed by atoms with Gasteiger partial charge in [0.2, 0.25) is 0 Å². The van der Waals surface area contributed by atoms with Crippen LogP contribution in [-0.4, -0.2) is 9.97 Å². The van der Waals surface area contributed by atoms with Crippen molar-refractivity contribution in [3.05, 3.63) is 23.8 Å². The van der Waals surface area contributed by atoms with Crippen molar-refractivity contribution in [1.82, 2.24) is 9.97 Å². The van der Waals surface area contributed by atoms with Crippen LogP contribution < -0.4 is 0 Å². The quantitative estimate of drug-likeness (QED) is 0.424. The average molecular weight is 356 g/mol. The fraction of sp³-hybridized carbons (Fsp3) is 0.783. The van der Waals surface area contributed by atoms with E-state index in [-0.39, 0.29) is 0 Å². The summed E-state index contributed by atoms with van der Waals surface area (Å²) in [6, 6.07) is 2.59. The van der Waals surface area contributed by atoms with Crippen molar-refractivity contribution in [2.24, 2.45) is 5.92 Å². The smallest absolute Gasteiger partial charge is 0.148 e. The van der Waals surface area contributed by atoms with E-state index in [1.807, 2.05) is 12.4 Å². The lowest BCUT2D eigenvalue weighted by Gasteiger charge is -2.33. The summed E-state index contributed by atoms with van der Waals surface area (Å²) in [7, 11) is 0. The van der Waals surface area contributed by atoms with Crippen LogP contribution >= 0.6 is 0 Å². The molecule has 0 bridgehead atoms. The maximum atomic E-state index is 9.87. The molecule has 1 aliphatic rings. The van der Waals surface area contributed by atoms with Crippen LogP contribution in [0.2, 0.25) is 0 Å². The predicted molar refractivity (Wildman–Crippen MR) is 108 cm³/mol. The van der Waals surface area contributed by atoms with Gasteiger partial charge in [-0.05, 0) is 50.0 Å². The third kappa shape index (κ3) is 6.08. The molecule has 0 aliphatic heterocycles. The van der Waals surface area contributed by atoms with Gasteiger partial charge in [-0.3, -0.25) is 0 Å². The molecule has 0 amide bonds. The SMILES string of the molecule is CCCCCCc1cnc(C2(C#N)CCC(CCCCCC)CC2)nc1. The highest BCUT2D eigenvalue weighted by molar-refractivity contribution is 5.22. The molecule has 1 fully saturated rings. The van der Waals surface area contributed by atoms with Crippen molar-refractivity contribution >= 4 is 0 Å². The molecule has 1 saturated carbocycles. The number of nitrogens with zero attached hydrogens (tertiary/aromatic N) is 3. The zero-order valence-corrected chi connectivity index (χ0v) is 17.0. The second kappa shape index (κ2) is 11.3. The van der Waals surface area contributed by atoms with E-state index < -0.39 is 5.41 Å². The van der Waals surface area contributed by atoms with Gasteiger partial charge >= 0.3 is 0 Å². The van der Waals surface area contributed by atoms with E-state index in [2.05, 4.69) is 29.9 Å². The van der Waals surface area contributed by atoms with Crippen LogP contribution in [-0.2, 0) is 11.8 Å². The summed E-state index contributed by atoms with van der Waals surface area (Å²) >= 11 is 0. The van der Waals surface area contributed by atoms with E-state index in [1.165, 1.54) is 63.4 Å². The Hall–Kier alpha value is -1.43. The maximum Gasteiger partial charge on any atom is 0.148 e. The Morgan fingerprint density at radius 3 is 2.15 bits per heavy atom. The fourth-order valence-corrected chi connectivity index (χ4v) is 4.19. The van der Waals surface area contributed by atoms with Gasteiger partial charge in [0.15, 0.2) is 0 Å². The molecule has 0 atom stereocenters. The van der Waals surface area contributed by atoms with Crippen molar-refractivity contribution < 1.29 is 0 Å². The summed E-state index contributed by atoms with van der Waals surface area (Å²) in [6.07, 6.45) is 20.9. The summed E-state index contributed by atoms with van der Waals surface area (Å²) in [6.45, 7) is 4.50. The van der Waals surface area contributed by atoms with Gasteiger partial charge < -0.3 is 0 Å². The lowest BCUT2D eigenvalue weighted by Crippen LogP contribution is -2.32. The molecule has 1 aromatic heterocycles. The van der Waals surface area contributed by atoms with Crippen molar-refractivity contribution in [1.29, 1.82) is 5.26 Å².